The average Bonchev–Trinajstić information content (AvgIpc) is 2.34. The third-order valence-corrected chi connectivity index (χ3v) is 2.29. The van der Waals surface area contributed by atoms with Gasteiger partial charge in [-0.1, -0.05) is 0 Å². The number of hydrazone groups is 1. The number of phenolic OH excluding ortho intramolecular Hbond substituents is 1. The zero-order valence-electron chi connectivity index (χ0n) is 10.5. The van der Waals surface area contributed by atoms with Crippen molar-refractivity contribution < 1.29 is 14.9 Å². The van der Waals surface area contributed by atoms with Crippen LogP contribution in [0.2, 0.25) is 0 Å². The smallest absolute Gasteiger partial charge is 0.223 e. The van der Waals surface area contributed by atoms with Crippen molar-refractivity contribution in [2.24, 2.45) is 0 Å². The molecule has 6 heteroatoms. The quantitative estimate of drug-likeness (QED) is 0.335. The summed E-state index contributed by atoms with van der Waals surface area (Å²) in [6.07, 6.45) is 1.73. The number of hydrogen-bond acceptors (Lipinski definition) is 3. The number of benzene rings is 1. The lowest BCUT2D eigenvalue weighted by molar-refractivity contribution is -0.500. The van der Waals surface area contributed by atoms with Crippen molar-refractivity contribution in [3.8, 4) is 11.5 Å². The summed E-state index contributed by atoms with van der Waals surface area (Å²) in [4.78, 5) is 0. The summed E-state index contributed by atoms with van der Waals surface area (Å²) in [6, 6.07) is 5.09. The zero-order valence-corrected chi connectivity index (χ0v) is 11.3. The van der Waals surface area contributed by atoms with Gasteiger partial charge in [-0.2, -0.15) is 0 Å². The fourth-order valence-electron chi connectivity index (χ4n) is 1.28. The molecule has 0 aromatic heterocycles. The minimum absolute atomic E-state index is 0.130. The first kappa shape index (κ1) is 14.2. The fourth-order valence-corrected chi connectivity index (χ4v) is 1.48. The Hall–Kier alpha value is -1.82. The number of thiocarbonyl (C=S) groups is 1. The summed E-state index contributed by atoms with van der Waals surface area (Å²) in [5.74, 6) is 0.590. The third-order valence-electron chi connectivity index (χ3n) is 2.05. The Morgan fingerprint density at radius 3 is 2.94 bits per heavy atom. The Balaban J connectivity index is 2.64. The summed E-state index contributed by atoms with van der Waals surface area (Å²) in [7, 11) is 0. The van der Waals surface area contributed by atoms with Gasteiger partial charge >= 0.3 is 0 Å². The van der Waals surface area contributed by atoms with E-state index in [9.17, 15) is 5.11 Å². The monoisotopic (exact) mass is 268 g/mol. The van der Waals surface area contributed by atoms with Crippen LogP contribution in [0.3, 0.4) is 0 Å². The summed E-state index contributed by atoms with van der Waals surface area (Å²) in [6.45, 7) is 5.10. The second-order valence-electron chi connectivity index (χ2n) is 3.43. The van der Waals surface area contributed by atoms with Gasteiger partial charge in [-0.05, 0) is 44.3 Å². The molecular weight excluding hydrogens is 250 g/mol. The molecule has 0 aliphatic heterocycles. The number of aromatic hydroxyl groups is 1. The van der Waals surface area contributed by atoms with E-state index >= 15 is 0 Å². The van der Waals surface area contributed by atoms with Gasteiger partial charge in [-0.3, -0.25) is 0 Å². The number of phenols is 1. The zero-order chi connectivity index (χ0) is 13.4. The van der Waals surface area contributed by atoms with Crippen molar-refractivity contribution in [2.45, 2.75) is 13.8 Å². The number of hydrogen-bond donors (Lipinski definition) is 4. The Labute approximate surface area is 112 Å². The van der Waals surface area contributed by atoms with Crippen molar-refractivity contribution in [1.29, 1.82) is 0 Å². The first-order valence-corrected chi connectivity index (χ1v) is 6.16. The van der Waals surface area contributed by atoms with Crippen LogP contribution in [-0.2, 0) is 0 Å². The summed E-state index contributed by atoms with van der Waals surface area (Å²) in [5.41, 5.74) is 3.67. The van der Waals surface area contributed by atoms with Gasteiger partial charge in [-0.15, -0.1) is 10.5 Å². The minimum atomic E-state index is 0.130. The maximum absolute atomic E-state index is 9.54. The molecule has 98 valence electrons. The van der Waals surface area contributed by atoms with Crippen LogP contribution in [0.1, 0.15) is 19.4 Å². The fraction of sp³-hybridized carbons (Fsp3) is 0.333. The van der Waals surface area contributed by atoms with Gasteiger partial charge in [0.1, 0.15) is 0 Å². The number of hydrazine groups is 1. The van der Waals surface area contributed by atoms with E-state index in [0.717, 1.165) is 12.1 Å². The molecule has 1 aromatic carbocycles. The molecule has 4 N–H and O–H groups in total. The molecule has 0 spiro atoms. The van der Waals surface area contributed by atoms with Gasteiger partial charge in [-0.25, -0.2) is 0 Å². The maximum atomic E-state index is 9.54. The molecule has 0 fully saturated rings. The molecule has 0 heterocycles. The van der Waals surface area contributed by atoms with Crippen LogP contribution in [0.25, 0.3) is 0 Å². The van der Waals surface area contributed by atoms with E-state index in [2.05, 4.69) is 15.8 Å². The van der Waals surface area contributed by atoms with E-state index in [-0.39, 0.29) is 5.75 Å². The first-order valence-electron chi connectivity index (χ1n) is 5.75. The number of ether oxygens (including phenoxy) is 1. The molecule has 0 bridgehead atoms. The molecule has 0 atom stereocenters. The van der Waals surface area contributed by atoms with E-state index in [1.165, 1.54) is 0 Å². The molecule has 0 radical (unpaired) electrons. The number of nitrogens with one attached hydrogen (secondary N) is 3. The molecule has 18 heavy (non-hydrogen) atoms. The second-order valence-corrected chi connectivity index (χ2v) is 3.84. The molecule has 1 rings (SSSR count). The van der Waals surface area contributed by atoms with E-state index in [0.29, 0.717) is 17.5 Å². The van der Waals surface area contributed by atoms with Gasteiger partial charge in [0.2, 0.25) is 5.11 Å². The van der Waals surface area contributed by atoms with Gasteiger partial charge in [0.05, 0.1) is 6.61 Å². The van der Waals surface area contributed by atoms with E-state index < -0.39 is 0 Å². The van der Waals surface area contributed by atoms with Crippen LogP contribution in [0.15, 0.2) is 18.2 Å². The molecule has 0 amide bonds. The van der Waals surface area contributed by atoms with Crippen molar-refractivity contribution in [3.05, 3.63) is 23.8 Å². The molecule has 0 unspecified atom stereocenters. The molecule has 5 nitrogen and oxygen atoms in total. The van der Waals surface area contributed by atoms with Crippen LogP contribution < -0.4 is 20.6 Å². The minimum Gasteiger partial charge on any atom is -0.504 e. The van der Waals surface area contributed by atoms with Crippen LogP contribution in [0.4, 0.5) is 0 Å². The van der Waals surface area contributed by atoms with Crippen molar-refractivity contribution >= 4 is 23.5 Å². The van der Waals surface area contributed by atoms with E-state index in [4.69, 9.17) is 17.0 Å². The predicted octanol–water partition coefficient (Wildman–Crippen LogP) is -0.311. The second kappa shape index (κ2) is 7.50. The number of rotatable bonds is 5. The van der Waals surface area contributed by atoms with Crippen LogP contribution in [0.5, 0.6) is 11.5 Å². The lowest BCUT2D eigenvalue weighted by Gasteiger charge is -2.05. The largest absolute Gasteiger partial charge is 0.504 e. The normalized spacial score (nSPS) is 10.3. The highest BCUT2D eigenvalue weighted by atomic mass is 32.1. The Morgan fingerprint density at radius 2 is 2.28 bits per heavy atom. The van der Waals surface area contributed by atoms with Crippen molar-refractivity contribution in [1.82, 2.24) is 10.7 Å². The van der Waals surface area contributed by atoms with Gasteiger partial charge in [0.15, 0.2) is 17.7 Å². The molecule has 0 saturated heterocycles. The topological polar surface area (TPSA) is 67.5 Å². The van der Waals surface area contributed by atoms with Crippen molar-refractivity contribution in [2.75, 3.05) is 13.2 Å². The standard InChI is InChI=1S/C12H17N3O2S/c1-3-13-12(18)15-14-8-9-5-6-10(16)11(7-9)17-4-2/h5-8,16H,3-4H2,1-2H3,(H2,13,15,18)/p+1. The summed E-state index contributed by atoms with van der Waals surface area (Å²) in [5, 5.41) is 15.9. The summed E-state index contributed by atoms with van der Waals surface area (Å²) < 4.78 is 5.29. The highest BCUT2D eigenvalue weighted by Crippen LogP contribution is 2.25. The molecule has 1 aromatic rings. The van der Waals surface area contributed by atoms with Gasteiger partial charge in [0, 0.05) is 12.1 Å². The van der Waals surface area contributed by atoms with Gasteiger partial charge < -0.3 is 15.2 Å². The molecule has 0 saturated carbocycles. The van der Waals surface area contributed by atoms with Crippen molar-refractivity contribution in [3.63, 3.8) is 0 Å². The van der Waals surface area contributed by atoms with Crippen LogP contribution in [-0.4, -0.2) is 29.6 Å². The van der Waals surface area contributed by atoms with E-state index in [1.54, 1.807) is 24.4 Å². The maximum Gasteiger partial charge on any atom is 0.223 e. The molecule has 0 aliphatic rings. The molecular formula is C12H18N3O2S+. The van der Waals surface area contributed by atoms with Crippen LogP contribution in [0, 0.1) is 0 Å². The lowest BCUT2D eigenvalue weighted by atomic mass is 10.2. The third kappa shape index (κ3) is 4.58. The Morgan fingerprint density at radius 1 is 1.50 bits per heavy atom. The highest BCUT2D eigenvalue weighted by Gasteiger charge is 2.03. The Kier molecular flexibility index (Phi) is 5.93. The average molecular weight is 268 g/mol. The van der Waals surface area contributed by atoms with E-state index in [1.807, 2.05) is 13.8 Å². The highest BCUT2D eigenvalue weighted by molar-refractivity contribution is 7.80. The molecule has 0 aliphatic carbocycles. The SMILES string of the molecule is CCNC(=S)N[NH+]=Cc1ccc(O)c(OCC)c1. The van der Waals surface area contributed by atoms with Crippen LogP contribution >= 0.6 is 12.2 Å². The first-order chi connectivity index (χ1) is 8.67. The Bertz CT molecular complexity index is 435. The van der Waals surface area contributed by atoms with Gasteiger partial charge in [0.25, 0.3) is 0 Å². The predicted molar refractivity (Wildman–Crippen MR) is 74.8 cm³/mol. The lowest BCUT2D eigenvalue weighted by Crippen LogP contribution is -2.82. The summed E-state index contributed by atoms with van der Waals surface area (Å²) >= 11 is 4.99.